The molecule has 104 valence electrons. The van der Waals surface area contributed by atoms with Crippen LogP contribution in [-0.2, 0) is 11.2 Å². The Hall–Kier alpha value is -1.36. The minimum absolute atomic E-state index is 0.0432. The van der Waals surface area contributed by atoms with Gasteiger partial charge in [0.2, 0.25) is 0 Å². The molecular formula is C14H19NO3S. The third-order valence-electron chi connectivity index (χ3n) is 3.85. The van der Waals surface area contributed by atoms with Gasteiger partial charge in [-0.15, -0.1) is 11.3 Å². The predicted octanol–water partition coefficient (Wildman–Crippen LogP) is 2.41. The number of carboxylic acids is 1. The fraction of sp³-hybridized carbons (Fsp3) is 0.571. The van der Waals surface area contributed by atoms with Gasteiger partial charge in [0.05, 0.1) is 10.8 Å². The zero-order chi connectivity index (χ0) is 14.2. The highest BCUT2D eigenvalue weighted by Gasteiger charge is 2.37. The van der Waals surface area contributed by atoms with Crippen LogP contribution in [-0.4, -0.2) is 35.0 Å². The lowest BCUT2D eigenvalue weighted by Crippen LogP contribution is -2.53. The molecule has 19 heavy (non-hydrogen) atoms. The number of carbonyl (C=O) groups excluding carboxylic acids is 1. The first-order chi connectivity index (χ1) is 8.93. The van der Waals surface area contributed by atoms with Crippen molar-refractivity contribution in [1.29, 1.82) is 0 Å². The molecule has 1 amide bonds. The first-order valence-corrected chi connectivity index (χ1v) is 7.37. The summed E-state index contributed by atoms with van der Waals surface area (Å²) in [5, 5.41) is 8.93. The molecule has 1 N–H and O–H groups in total. The van der Waals surface area contributed by atoms with Gasteiger partial charge in [0.25, 0.3) is 5.91 Å². The lowest BCUT2D eigenvalue weighted by molar-refractivity contribution is -0.144. The summed E-state index contributed by atoms with van der Waals surface area (Å²) >= 11 is 1.55. The lowest BCUT2D eigenvalue weighted by Gasteiger charge is -2.41. The largest absolute Gasteiger partial charge is 0.481 e. The normalized spacial score (nSPS) is 17.1. The zero-order valence-corrected chi connectivity index (χ0v) is 12.3. The Morgan fingerprint density at radius 3 is 2.63 bits per heavy atom. The van der Waals surface area contributed by atoms with Gasteiger partial charge in [-0.25, -0.2) is 0 Å². The van der Waals surface area contributed by atoms with E-state index in [1.165, 1.54) is 10.4 Å². The van der Waals surface area contributed by atoms with Crippen LogP contribution in [0, 0.1) is 18.8 Å². The van der Waals surface area contributed by atoms with Crippen LogP contribution < -0.4 is 0 Å². The summed E-state index contributed by atoms with van der Waals surface area (Å²) < 4.78 is 0. The van der Waals surface area contributed by atoms with Crippen molar-refractivity contribution in [2.45, 2.75) is 27.2 Å². The molecule has 5 heteroatoms. The number of rotatable bonds is 4. The maximum Gasteiger partial charge on any atom is 0.306 e. The highest BCUT2D eigenvalue weighted by molar-refractivity contribution is 7.14. The minimum atomic E-state index is -0.780. The summed E-state index contributed by atoms with van der Waals surface area (Å²) in [6, 6.07) is 1.94. The molecule has 1 unspecified atom stereocenters. The molecule has 0 saturated carbocycles. The zero-order valence-electron chi connectivity index (χ0n) is 11.5. The fourth-order valence-electron chi connectivity index (χ4n) is 2.33. The van der Waals surface area contributed by atoms with Crippen LogP contribution in [0.15, 0.2) is 6.07 Å². The molecule has 4 nitrogen and oxygen atoms in total. The van der Waals surface area contributed by atoms with Crippen molar-refractivity contribution in [2.24, 2.45) is 11.8 Å². The van der Waals surface area contributed by atoms with Crippen LogP contribution in [0.5, 0.6) is 0 Å². The molecule has 1 aromatic rings. The number of aryl methyl sites for hydroxylation is 2. The molecule has 1 aliphatic heterocycles. The van der Waals surface area contributed by atoms with E-state index in [0.717, 1.165) is 11.3 Å². The maximum atomic E-state index is 12.2. The second-order valence-corrected chi connectivity index (χ2v) is 6.30. The van der Waals surface area contributed by atoms with E-state index in [-0.39, 0.29) is 17.7 Å². The summed E-state index contributed by atoms with van der Waals surface area (Å²) in [5.74, 6) is -1.02. The molecule has 1 atom stereocenters. The molecule has 0 aliphatic carbocycles. The summed E-state index contributed by atoms with van der Waals surface area (Å²) in [6.07, 6.45) is 0.947. The second-order valence-electron chi connectivity index (χ2n) is 5.17. The standard InChI is InChI=1S/C14H19NO3S/c1-4-11-8(2)5-12(19-11)13(16)15-6-10(7-15)9(3)14(17)18/h5,9-10H,4,6-7H2,1-3H3,(H,17,18). The minimum Gasteiger partial charge on any atom is -0.481 e. The Kier molecular flexibility index (Phi) is 3.94. The van der Waals surface area contributed by atoms with Crippen LogP contribution in [0.25, 0.3) is 0 Å². The Balaban J connectivity index is 1.98. The van der Waals surface area contributed by atoms with Gasteiger partial charge in [0, 0.05) is 23.9 Å². The van der Waals surface area contributed by atoms with Crippen molar-refractivity contribution in [3.8, 4) is 0 Å². The Labute approximate surface area is 117 Å². The topological polar surface area (TPSA) is 57.6 Å². The van der Waals surface area contributed by atoms with Gasteiger partial charge in [-0.05, 0) is 25.0 Å². The predicted molar refractivity (Wildman–Crippen MR) is 74.6 cm³/mol. The third-order valence-corrected chi connectivity index (χ3v) is 5.22. The first kappa shape index (κ1) is 14.1. The van der Waals surface area contributed by atoms with Gasteiger partial charge in [0.1, 0.15) is 0 Å². The number of thiophene rings is 1. The van der Waals surface area contributed by atoms with E-state index >= 15 is 0 Å². The number of carboxylic acid groups (broad SMARTS) is 1. The molecule has 2 rings (SSSR count). The average molecular weight is 281 g/mol. The molecular weight excluding hydrogens is 262 g/mol. The summed E-state index contributed by atoms with van der Waals surface area (Å²) in [7, 11) is 0. The van der Waals surface area contributed by atoms with Crippen LogP contribution in [0.1, 0.15) is 34.0 Å². The van der Waals surface area contributed by atoms with E-state index in [2.05, 4.69) is 6.92 Å². The summed E-state index contributed by atoms with van der Waals surface area (Å²) in [4.78, 5) is 26.9. The van der Waals surface area contributed by atoms with Crippen LogP contribution in [0.4, 0.5) is 0 Å². The SMILES string of the molecule is CCc1sc(C(=O)N2CC(C(C)C(=O)O)C2)cc1C. The van der Waals surface area contributed by atoms with Gasteiger partial charge in [-0.2, -0.15) is 0 Å². The summed E-state index contributed by atoms with van der Waals surface area (Å²) in [6.45, 7) is 6.94. The van der Waals surface area contributed by atoms with Crippen molar-refractivity contribution in [1.82, 2.24) is 4.90 Å². The second kappa shape index (κ2) is 5.33. The van der Waals surface area contributed by atoms with Gasteiger partial charge in [0.15, 0.2) is 0 Å². The maximum absolute atomic E-state index is 12.2. The Bertz CT molecular complexity index is 503. The molecule has 0 aromatic carbocycles. The number of hydrogen-bond acceptors (Lipinski definition) is 3. The van der Waals surface area contributed by atoms with Gasteiger partial charge in [-0.3, -0.25) is 9.59 Å². The molecule has 1 fully saturated rings. The molecule has 0 bridgehead atoms. The number of likely N-dealkylation sites (tertiary alicyclic amines) is 1. The van der Waals surface area contributed by atoms with E-state index in [9.17, 15) is 9.59 Å². The van der Waals surface area contributed by atoms with Crippen LogP contribution in [0.2, 0.25) is 0 Å². The summed E-state index contributed by atoms with van der Waals surface area (Å²) in [5.41, 5.74) is 1.17. The highest BCUT2D eigenvalue weighted by Crippen LogP contribution is 2.29. The first-order valence-electron chi connectivity index (χ1n) is 6.55. The molecule has 0 spiro atoms. The van der Waals surface area contributed by atoms with Crippen molar-refractivity contribution in [3.05, 3.63) is 21.4 Å². The Morgan fingerprint density at radius 2 is 2.16 bits per heavy atom. The molecule has 1 aromatic heterocycles. The van der Waals surface area contributed by atoms with Crippen molar-refractivity contribution in [3.63, 3.8) is 0 Å². The number of aliphatic carboxylic acids is 1. The number of amides is 1. The van der Waals surface area contributed by atoms with Crippen LogP contribution >= 0.6 is 11.3 Å². The van der Waals surface area contributed by atoms with E-state index in [4.69, 9.17) is 5.11 Å². The fourth-order valence-corrected chi connectivity index (χ4v) is 3.41. The molecule has 1 saturated heterocycles. The van der Waals surface area contributed by atoms with Gasteiger partial charge >= 0.3 is 5.97 Å². The molecule has 0 radical (unpaired) electrons. The average Bonchev–Trinajstić information content (AvgIpc) is 2.68. The van der Waals surface area contributed by atoms with Crippen LogP contribution in [0.3, 0.4) is 0 Å². The quantitative estimate of drug-likeness (QED) is 0.922. The number of nitrogens with zero attached hydrogens (tertiary/aromatic N) is 1. The van der Waals surface area contributed by atoms with Gasteiger partial charge < -0.3 is 10.0 Å². The van der Waals surface area contributed by atoms with Gasteiger partial charge in [-0.1, -0.05) is 13.8 Å². The highest BCUT2D eigenvalue weighted by atomic mass is 32.1. The number of carbonyl (C=O) groups is 2. The molecule has 1 aliphatic rings. The van der Waals surface area contributed by atoms with E-state index < -0.39 is 5.97 Å². The van der Waals surface area contributed by atoms with Crippen molar-refractivity contribution < 1.29 is 14.7 Å². The van der Waals surface area contributed by atoms with Crippen molar-refractivity contribution >= 4 is 23.2 Å². The smallest absolute Gasteiger partial charge is 0.306 e. The van der Waals surface area contributed by atoms with E-state index in [1.54, 1.807) is 23.2 Å². The van der Waals surface area contributed by atoms with Crippen molar-refractivity contribution in [2.75, 3.05) is 13.1 Å². The Morgan fingerprint density at radius 1 is 1.53 bits per heavy atom. The van der Waals surface area contributed by atoms with E-state index in [0.29, 0.717) is 13.1 Å². The third kappa shape index (κ3) is 2.66. The number of hydrogen-bond donors (Lipinski definition) is 1. The monoisotopic (exact) mass is 281 g/mol. The van der Waals surface area contributed by atoms with E-state index in [1.807, 2.05) is 13.0 Å². The lowest BCUT2D eigenvalue weighted by atomic mass is 9.87. The molecule has 2 heterocycles.